The van der Waals surface area contributed by atoms with Crippen molar-refractivity contribution in [2.24, 2.45) is 29.1 Å². The van der Waals surface area contributed by atoms with Crippen molar-refractivity contribution in [2.45, 2.75) is 96.9 Å². The molecule has 2 aromatic rings. The van der Waals surface area contributed by atoms with Gasteiger partial charge < -0.3 is 29.3 Å². The fourth-order valence-corrected chi connectivity index (χ4v) is 7.41. The quantitative estimate of drug-likeness (QED) is 0.428. The van der Waals surface area contributed by atoms with Crippen LogP contribution >= 0.6 is 0 Å². The Morgan fingerprint density at radius 3 is 2.62 bits per heavy atom. The molecular formula is C34H44N4O7. The SMILES string of the molecule is COc1ccc2nc3c(nc2c1)O[C@H]1CN(C(=O)[C@H](C(C)(C)C)NC(O)O[C@@H]2C[C@@H]4C#C[C@@H]4[C@H]2CCCCC3)[C@H](C(=O)O)[C@@H]1C. The number of carboxylic acid groups (broad SMARTS) is 1. The van der Waals surface area contributed by atoms with Gasteiger partial charge in [0, 0.05) is 29.7 Å². The maximum absolute atomic E-state index is 14.2. The Kier molecular flexibility index (Phi) is 8.67. The van der Waals surface area contributed by atoms with Crippen LogP contribution in [0.4, 0.5) is 0 Å². The molecule has 6 rings (SSSR count). The minimum Gasteiger partial charge on any atom is -0.497 e. The van der Waals surface area contributed by atoms with E-state index in [1.54, 1.807) is 20.1 Å². The molecule has 0 spiro atoms. The van der Waals surface area contributed by atoms with Crippen LogP contribution in [0.2, 0.25) is 0 Å². The van der Waals surface area contributed by atoms with E-state index in [2.05, 4.69) is 17.2 Å². The summed E-state index contributed by atoms with van der Waals surface area (Å²) in [6.45, 7) is 7.46. The Balaban J connectivity index is 1.36. The largest absolute Gasteiger partial charge is 0.497 e. The first-order chi connectivity index (χ1) is 21.4. The second-order valence-electron chi connectivity index (χ2n) is 14.0. The van der Waals surface area contributed by atoms with Gasteiger partial charge in [-0.2, -0.15) is 0 Å². The van der Waals surface area contributed by atoms with E-state index >= 15 is 0 Å². The number of hydrogen-bond acceptors (Lipinski definition) is 9. The lowest BCUT2D eigenvalue weighted by molar-refractivity contribution is -0.178. The van der Waals surface area contributed by atoms with Crippen LogP contribution < -0.4 is 14.8 Å². The van der Waals surface area contributed by atoms with E-state index < -0.39 is 47.8 Å². The molecule has 1 amide bonds. The molecule has 1 unspecified atom stereocenters. The van der Waals surface area contributed by atoms with Gasteiger partial charge in [-0.3, -0.25) is 10.1 Å². The van der Waals surface area contributed by atoms with Gasteiger partial charge in [0.1, 0.15) is 23.6 Å². The molecule has 2 bridgehead atoms. The van der Waals surface area contributed by atoms with Gasteiger partial charge in [0.25, 0.3) is 0 Å². The number of carbonyl (C=O) groups is 2. The van der Waals surface area contributed by atoms with Crippen LogP contribution in [0.3, 0.4) is 0 Å². The molecule has 4 aliphatic rings. The van der Waals surface area contributed by atoms with E-state index in [1.807, 2.05) is 32.9 Å². The summed E-state index contributed by atoms with van der Waals surface area (Å²) < 4.78 is 18.1. The zero-order valence-electron chi connectivity index (χ0n) is 26.7. The number of aryl methyl sites for hydroxylation is 1. The number of aliphatic hydroxyl groups excluding tert-OH is 1. The number of aliphatic carboxylic acids is 1. The van der Waals surface area contributed by atoms with Gasteiger partial charge in [-0.25, -0.2) is 14.8 Å². The number of fused-ring (bicyclic) bond motifs is 7. The number of aliphatic hydroxyl groups is 1. The molecule has 45 heavy (non-hydrogen) atoms. The molecule has 11 nitrogen and oxygen atoms in total. The average Bonchev–Trinajstić information content (AvgIpc) is 3.41. The molecular weight excluding hydrogens is 576 g/mol. The second-order valence-corrected chi connectivity index (χ2v) is 14.0. The number of methoxy groups -OCH3 is 1. The van der Waals surface area contributed by atoms with E-state index in [-0.39, 0.29) is 30.4 Å². The number of carbonyl (C=O) groups excluding carboxylic acids is 1. The third-order valence-electron chi connectivity index (χ3n) is 9.97. The number of nitrogens with zero attached hydrogens (tertiary/aromatic N) is 3. The van der Waals surface area contributed by atoms with Crippen molar-refractivity contribution < 1.29 is 34.0 Å². The van der Waals surface area contributed by atoms with Crippen LogP contribution in [0.15, 0.2) is 18.2 Å². The average molecular weight is 621 g/mol. The van der Waals surface area contributed by atoms with E-state index in [0.717, 1.165) is 37.6 Å². The van der Waals surface area contributed by atoms with E-state index in [9.17, 15) is 19.8 Å². The Morgan fingerprint density at radius 1 is 1.13 bits per heavy atom. The van der Waals surface area contributed by atoms with Crippen molar-refractivity contribution in [3.8, 4) is 23.5 Å². The Hall–Kier alpha value is -3.46. The van der Waals surface area contributed by atoms with Crippen LogP contribution in [-0.2, 0) is 20.7 Å². The van der Waals surface area contributed by atoms with Gasteiger partial charge in [-0.1, -0.05) is 52.4 Å². The predicted octanol–water partition coefficient (Wildman–Crippen LogP) is 3.37. The molecule has 1 saturated heterocycles. The van der Waals surface area contributed by atoms with Gasteiger partial charge in [-0.05, 0) is 43.2 Å². The summed E-state index contributed by atoms with van der Waals surface area (Å²) in [7, 11) is 1.59. The fraction of sp³-hybridized carbons (Fsp3) is 0.647. The van der Waals surface area contributed by atoms with Crippen LogP contribution in [-0.4, -0.2) is 81.3 Å². The summed E-state index contributed by atoms with van der Waals surface area (Å²) in [6.07, 6.45) is 2.88. The number of nitrogens with one attached hydrogen (secondary N) is 1. The Bertz CT molecular complexity index is 1510. The number of ether oxygens (including phenoxy) is 3. The summed E-state index contributed by atoms with van der Waals surface area (Å²) >= 11 is 0. The predicted molar refractivity (Wildman–Crippen MR) is 165 cm³/mol. The lowest BCUT2D eigenvalue weighted by Gasteiger charge is -2.37. The monoisotopic (exact) mass is 620 g/mol. The molecule has 3 heterocycles. The molecule has 9 atom stereocenters. The molecule has 2 aliphatic heterocycles. The minimum absolute atomic E-state index is 0.0465. The van der Waals surface area contributed by atoms with Crippen LogP contribution in [0.1, 0.15) is 65.5 Å². The standard InChI is InChI=1S/C34H44N4O7/c1-18-27-17-38(28(18)32(40)41)31(39)29(34(2,3)4)37-33(42)45-26-15-19-11-13-21(19)22(26)9-7-6-8-10-24-30(44-27)36-25-16-20(43-5)12-14-23(25)35-24/h12,14,16,18-19,21-22,26-29,33,37,42H,6-10,15,17H2,1-5H3,(H,40,41)/t18-,19+,21+,22-,26-,27+,28+,29-,33?/m1/s1. The summed E-state index contributed by atoms with van der Waals surface area (Å²) in [5, 5.41) is 24.4. The smallest absolute Gasteiger partial charge is 0.326 e. The second kappa shape index (κ2) is 12.4. The number of amides is 1. The molecule has 2 fully saturated rings. The van der Waals surface area contributed by atoms with E-state index in [1.165, 1.54) is 4.90 Å². The summed E-state index contributed by atoms with van der Waals surface area (Å²) in [5.74, 6) is 6.20. The molecule has 1 aromatic heterocycles. The number of rotatable bonds is 2. The highest BCUT2D eigenvalue weighted by Gasteiger charge is 2.51. The highest BCUT2D eigenvalue weighted by molar-refractivity contribution is 5.88. The van der Waals surface area contributed by atoms with Crippen molar-refractivity contribution in [3.63, 3.8) is 0 Å². The summed E-state index contributed by atoms with van der Waals surface area (Å²) in [4.78, 5) is 37.9. The topological polar surface area (TPSA) is 143 Å². The first kappa shape index (κ1) is 31.5. The van der Waals surface area contributed by atoms with Crippen molar-refractivity contribution in [1.29, 1.82) is 0 Å². The van der Waals surface area contributed by atoms with Gasteiger partial charge in [-0.15, -0.1) is 0 Å². The van der Waals surface area contributed by atoms with Crippen molar-refractivity contribution >= 4 is 22.9 Å². The highest BCUT2D eigenvalue weighted by Crippen LogP contribution is 2.45. The Labute approximate surface area is 264 Å². The van der Waals surface area contributed by atoms with Crippen LogP contribution in [0.25, 0.3) is 11.0 Å². The first-order valence-corrected chi connectivity index (χ1v) is 16.1. The van der Waals surface area contributed by atoms with Gasteiger partial charge in [0.15, 0.2) is 0 Å². The normalized spacial score (nSPS) is 33.8. The molecule has 242 valence electrons. The number of aromatic nitrogens is 2. The zero-order chi connectivity index (χ0) is 32.0. The molecule has 2 aliphatic carbocycles. The molecule has 1 saturated carbocycles. The molecule has 1 aromatic carbocycles. The third-order valence-corrected chi connectivity index (χ3v) is 9.97. The summed E-state index contributed by atoms with van der Waals surface area (Å²) in [6, 6.07) is 3.47. The van der Waals surface area contributed by atoms with E-state index in [0.29, 0.717) is 29.3 Å². The maximum Gasteiger partial charge on any atom is 0.326 e. The first-order valence-electron chi connectivity index (χ1n) is 16.1. The van der Waals surface area contributed by atoms with Gasteiger partial charge >= 0.3 is 5.97 Å². The fourth-order valence-electron chi connectivity index (χ4n) is 7.41. The lowest BCUT2D eigenvalue weighted by atomic mass is 9.81. The molecule has 0 radical (unpaired) electrons. The zero-order valence-corrected chi connectivity index (χ0v) is 26.7. The number of hydrogen-bond donors (Lipinski definition) is 3. The van der Waals surface area contributed by atoms with Crippen LogP contribution in [0, 0.1) is 40.9 Å². The van der Waals surface area contributed by atoms with Crippen molar-refractivity contribution in [2.75, 3.05) is 13.7 Å². The summed E-state index contributed by atoms with van der Waals surface area (Å²) in [5.41, 5.74) is 1.37. The Morgan fingerprint density at radius 2 is 1.93 bits per heavy atom. The van der Waals surface area contributed by atoms with Crippen molar-refractivity contribution in [1.82, 2.24) is 20.2 Å². The number of carboxylic acids is 1. The van der Waals surface area contributed by atoms with Gasteiger partial charge in [0.05, 0.1) is 36.8 Å². The lowest BCUT2D eigenvalue weighted by Crippen LogP contribution is -2.58. The number of benzene rings is 1. The maximum atomic E-state index is 14.2. The third kappa shape index (κ3) is 6.20. The minimum atomic E-state index is -1.40. The molecule has 3 N–H and O–H groups in total. The highest BCUT2D eigenvalue weighted by atomic mass is 16.6. The van der Waals surface area contributed by atoms with Crippen LogP contribution in [0.5, 0.6) is 11.6 Å². The van der Waals surface area contributed by atoms with Crippen molar-refractivity contribution in [3.05, 3.63) is 23.9 Å². The molecule has 11 heteroatoms. The van der Waals surface area contributed by atoms with Gasteiger partial charge in [0.2, 0.25) is 18.2 Å². The van der Waals surface area contributed by atoms with E-state index in [4.69, 9.17) is 24.2 Å².